The molecule has 1 fully saturated rings. The number of carbonyl (C=O) groups is 1. The molecule has 5 nitrogen and oxygen atoms in total. The van der Waals surface area contributed by atoms with Crippen LogP contribution in [0.3, 0.4) is 0 Å². The van der Waals surface area contributed by atoms with Gasteiger partial charge in [-0.05, 0) is 75.6 Å². The van der Waals surface area contributed by atoms with E-state index in [-0.39, 0.29) is 0 Å². The Morgan fingerprint density at radius 3 is 2.44 bits per heavy atom. The van der Waals surface area contributed by atoms with Crippen molar-refractivity contribution < 1.29 is 14.6 Å². The molecule has 0 spiro atoms. The summed E-state index contributed by atoms with van der Waals surface area (Å²) in [6.45, 7) is 7.51. The molecular weight excluding hydrogens is 424 g/mol. The summed E-state index contributed by atoms with van der Waals surface area (Å²) in [6.07, 6.45) is 3.20. The van der Waals surface area contributed by atoms with Crippen molar-refractivity contribution in [3.05, 3.63) is 71.0 Å². The van der Waals surface area contributed by atoms with Crippen LogP contribution in [0.2, 0.25) is 0 Å². The van der Waals surface area contributed by atoms with Crippen LogP contribution in [-0.4, -0.2) is 26.6 Å². The van der Waals surface area contributed by atoms with Crippen molar-refractivity contribution in [3.8, 4) is 11.1 Å². The van der Waals surface area contributed by atoms with Gasteiger partial charge in [-0.15, -0.1) is 0 Å². The number of hydrogen-bond donors (Lipinski definition) is 1. The Bertz CT molecular complexity index is 1470. The molecule has 3 atom stereocenters. The molecule has 2 heterocycles. The van der Waals surface area contributed by atoms with Crippen LogP contribution in [0.25, 0.3) is 32.9 Å². The van der Waals surface area contributed by atoms with Crippen LogP contribution in [0.4, 0.5) is 0 Å². The van der Waals surface area contributed by atoms with E-state index in [9.17, 15) is 9.90 Å². The number of ether oxygens (including phenoxy) is 1. The molecule has 0 aliphatic heterocycles. The third-order valence-corrected chi connectivity index (χ3v) is 7.38. The summed E-state index contributed by atoms with van der Waals surface area (Å²) in [4.78, 5) is 22.2. The maximum atomic E-state index is 12.6. The van der Waals surface area contributed by atoms with Crippen LogP contribution in [0.1, 0.15) is 73.9 Å². The third kappa shape index (κ3) is 3.07. The predicted octanol–water partition coefficient (Wildman–Crippen LogP) is 6.67. The first-order chi connectivity index (χ1) is 16.2. The minimum Gasteiger partial charge on any atom is -0.479 e. The first-order valence-electron chi connectivity index (χ1n) is 12.0. The third-order valence-electron chi connectivity index (χ3n) is 7.38. The fourth-order valence-electron chi connectivity index (χ4n) is 5.93. The Labute approximate surface area is 198 Å². The Hall–Kier alpha value is -3.31. The number of fused-ring (bicyclic) bond motifs is 4. The van der Waals surface area contributed by atoms with E-state index in [0.717, 1.165) is 27.5 Å². The summed E-state index contributed by atoms with van der Waals surface area (Å²) in [5, 5.41) is 12.4. The molecule has 4 aromatic rings. The fraction of sp³-hybridized carbons (Fsp3) is 0.345. The molecule has 34 heavy (non-hydrogen) atoms. The maximum Gasteiger partial charge on any atom is 0.337 e. The van der Waals surface area contributed by atoms with Crippen LogP contribution >= 0.6 is 0 Å². The number of nitrogens with zero attached hydrogens (tertiary/aromatic N) is 2. The number of carboxylic acid groups (broad SMARTS) is 1. The number of aliphatic carboxylic acids is 1. The van der Waals surface area contributed by atoms with Crippen LogP contribution < -0.4 is 0 Å². The normalized spacial score (nSPS) is 19.8. The second-order valence-electron chi connectivity index (χ2n) is 10.6. The lowest BCUT2D eigenvalue weighted by molar-refractivity contribution is -0.160. The maximum absolute atomic E-state index is 12.6. The molecular formula is C29H28N2O3. The second kappa shape index (κ2) is 7.34. The van der Waals surface area contributed by atoms with Crippen molar-refractivity contribution in [1.82, 2.24) is 9.97 Å². The van der Waals surface area contributed by atoms with E-state index in [0.29, 0.717) is 23.1 Å². The number of hydrogen-bond acceptors (Lipinski definition) is 4. The van der Waals surface area contributed by atoms with E-state index >= 15 is 0 Å². The highest BCUT2D eigenvalue weighted by Crippen LogP contribution is 2.58. The van der Waals surface area contributed by atoms with Crippen molar-refractivity contribution in [2.75, 3.05) is 0 Å². The van der Waals surface area contributed by atoms with E-state index in [1.807, 2.05) is 58.2 Å². The van der Waals surface area contributed by atoms with Crippen LogP contribution in [-0.2, 0) is 9.53 Å². The quantitative estimate of drug-likeness (QED) is 0.374. The molecule has 2 aliphatic rings. The molecule has 0 amide bonds. The molecule has 2 aliphatic carbocycles. The van der Waals surface area contributed by atoms with Crippen LogP contribution in [0, 0.1) is 6.92 Å². The second-order valence-corrected chi connectivity index (χ2v) is 10.6. The summed E-state index contributed by atoms with van der Waals surface area (Å²) < 4.78 is 6.13. The molecule has 0 bridgehead atoms. The van der Waals surface area contributed by atoms with Crippen molar-refractivity contribution in [2.24, 2.45) is 0 Å². The first kappa shape index (κ1) is 21.2. The minimum absolute atomic E-state index is 0.585. The Morgan fingerprint density at radius 2 is 1.76 bits per heavy atom. The number of aryl methyl sites for hydroxylation is 1. The van der Waals surface area contributed by atoms with E-state index in [2.05, 4.69) is 18.2 Å². The molecule has 3 unspecified atom stereocenters. The van der Waals surface area contributed by atoms with Crippen molar-refractivity contribution >= 4 is 27.8 Å². The van der Waals surface area contributed by atoms with Crippen LogP contribution in [0.15, 0.2) is 48.7 Å². The zero-order valence-corrected chi connectivity index (χ0v) is 19.9. The Balaban J connectivity index is 1.71. The van der Waals surface area contributed by atoms with Gasteiger partial charge in [-0.2, -0.15) is 0 Å². The molecule has 2 aromatic carbocycles. The lowest BCUT2D eigenvalue weighted by Gasteiger charge is -2.31. The monoisotopic (exact) mass is 452 g/mol. The number of benzene rings is 2. The van der Waals surface area contributed by atoms with Gasteiger partial charge in [-0.1, -0.05) is 30.3 Å². The van der Waals surface area contributed by atoms with Gasteiger partial charge in [0.25, 0.3) is 0 Å². The van der Waals surface area contributed by atoms with Gasteiger partial charge in [-0.3, -0.25) is 9.97 Å². The lowest BCUT2D eigenvalue weighted by atomic mass is 9.72. The highest BCUT2D eigenvalue weighted by atomic mass is 16.5. The van der Waals surface area contributed by atoms with Gasteiger partial charge in [-0.25, -0.2) is 4.79 Å². The predicted molar refractivity (Wildman–Crippen MR) is 133 cm³/mol. The molecule has 0 saturated heterocycles. The van der Waals surface area contributed by atoms with Gasteiger partial charge < -0.3 is 9.84 Å². The molecule has 1 N–H and O–H groups in total. The van der Waals surface area contributed by atoms with Gasteiger partial charge in [0.1, 0.15) is 0 Å². The summed E-state index contributed by atoms with van der Waals surface area (Å²) in [5.74, 6) is 0.151. The SMILES string of the molecule is Cc1nc2ccccc2c(-c2ccc3c4c(ccnc24)C2CCC32)c1C(OC(C)(C)C)C(=O)O. The van der Waals surface area contributed by atoms with Gasteiger partial charge >= 0.3 is 5.97 Å². The summed E-state index contributed by atoms with van der Waals surface area (Å²) >= 11 is 0. The average Bonchev–Trinajstić information content (AvgIpc) is 2.97. The Kier molecular flexibility index (Phi) is 4.59. The lowest BCUT2D eigenvalue weighted by Crippen LogP contribution is -2.28. The van der Waals surface area contributed by atoms with Gasteiger partial charge in [0.15, 0.2) is 6.10 Å². The van der Waals surface area contributed by atoms with E-state index in [1.54, 1.807) is 0 Å². The van der Waals surface area contributed by atoms with E-state index in [1.165, 1.54) is 29.4 Å². The van der Waals surface area contributed by atoms with Crippen LogP contribution in [0.5, 0.6) is 0 Å². The number of para-hydroxylation sites is 1. The average molecular weight is 453 g/mol. The zero-order valence-electron chi connectivity index (χ0n) is 19.9. The highest BCUT2D eigenvalue weighted by Gasteiger charge is 2.41. The van der Waals surface area contributed by atoms with E-state index < -0.39 is 17.7 Å². The summed E-state index contributed by atoms with van der Waals surface area (Å²) in [6, 6.07) is 14.5. The first-order valence-corrected chi connectivity index (χ1v) is 12.0. The molecule has 2 aromatic heterocycles. The number of aromatic nitrogens is 2. The zero-order chi connectivity index (χ0) is 23.8. The van der Waals surface area contributed by atoms with E-state index in [4.69, 9.17) is 14.7 Å². The van der Waals surface area contributed by atoms with Gasteiger partial charge in [0.05, 0.1) is 16.6 Å². The number of pyridine rings is 2. The fourth-order valence-corrected chi connectivity index (χ4v) is 5.93. The van der Waals surface area contributed by atoms with Crippen molar-refractivity contribution in [2.45, 2.75) is 64.1 Å². The minimum atomic E-state index is -1.15. The van der Waals surface area contributed by atoms with Gasteiger partial charge in [0, 0.05) is 39.4 Å². The number of rotatable bonds is 4. The molecule has 172 valence electrons. The molecule has 5 heteroatoms. The molecule has 1 saturated carbocycles. The van der Waals surface area contributed by atoms with Gasteiger partial charge in [0.2, 0.25) is 0 Å². The number of carboxylic acids is 1. The molecule has 6 rings (SSSR count). The highest BCUT2D eigenvalue weighted by molar-refractivity contribution is 6.07. The van der Waals surface area contributed by atoms with Crippen molar-refractivity contribution in [1.29, 1.82) is 0 Å². The topological polar surface area (TPSA) is 72.3 Å². The molecule has 0 radical (unpaired) electrons. The smallest absolute Gasteiger partial charge is 0.337 e. The van der Waals surface area contributed by atoms with Crippen molar-refractivity contribution in [3.63, 3.8) is 0 Å². The largest absolute Gasteiger partial charge is 0.479 e. The Morgan fingerprint density at radius 1 is 1.06 bits per heavy atom. The summed E-state index contributed by atoms with van der Waals surface area (Å²) in [5.41, 5.74) is 6.97. The standard InChI is InChI=1S/C29H28N2O3/c1-15-23(27(28(32)33)34-29(2,3)4)24(20-7-5-6-8-22(20)31-15)21-12-11-18-16-9-10-17(16)19-13-14-30-26(21)25(18)19/h5-8,11-14,16-17,27H,9-10H2,1-4H3,(H,32,33). The summed E-state index contributed by atoms with van der Waals surface area (Å²) in [7, 11) is 0.